The van der Waals surface area contributed by atoms with Crippen molar-refractivity contribution >= 4 is 33.7 Å². The number of carbonyl (C=O) groups is 2. The van der Waals surface area contributed by atoms with E-state index in [0.29, 0.717) is 44.5 Å². The third kappa shape index (κ3) is 6.33. The number of nitrogens with one attached hydrogen (secondary N) is 5. The maximum Gasteiger partial charge on any atom is 0.300 e. The minimum absolute atomic E-state index is 0.134. The Morgan fingerprint density at radius 2 is 2.00 bits per heavy atom. The molecule has 0 saturated carbocycles. The summed E-state index contributed by atoms with van der Waals surface area (Å²) in [5.74, 6) is -1.48. The highest BCUT2D eigenvalue weighted by atomic mass is 32.2. The van der Waals surface area contributed by atoms with E-state index in [2.05, 4.69) is 20.1 Å². The Hall–Kier alpha value is -2.90. The molecule has 3 atom stereocenters. The van der Waals surface area contributed by atoms with Gasteiger partial charge < -0.3 is 26.4 Å². The minimum Gasteiger partial charge on any atom is -0.371 e. The van der Waals surface area contributed by atoms with Crippen molar-refractivity contribution in [3.63, 3.8) is 0 Å². The van der Waals surface area contributed by atoms with Crippen molar-refractivity contribution in [2.75, 3.05) is 17.8 Å². The molecule has 3 rings (SSSR count). The van der Waals surface area contributed by atoms with Crippen LogP contribution in [0.15, 0.2) is 30.3 Å². The van der Waals surface area contributed by atoms with E-state index in [1.807, 2.05) is 0 Å². The van der Waals surface area contributed by atoms with Crippen molar-refractivity contribution < 1.29 is 23.1 Å². The number of amides is 2. The molecule has 0 radical (unpaired) electrons. The summed E-state index contributed by atoms with van der Waals surface area (Å²) >= 11 is 0. The summed E-state index contributed by atoms with van der Waals surface area (Å²) in [6, 6.07) is 7.50. The fourth-order valence-corrected chi connectivity index (χ4v) is 5.48. The first-order chi connectivity index (χ1) is 15.6. The zero-order valence-electron chi connectivity index (χ0n) is 18.2. The van der Waals surface area contributed by atoms with E-state index < -0.39 is 46.3 Å². The number of nitrogens with zero attached hydrogens (tertiary/aromatic N) is 1. The quantitative estimate of drug-likeness (QED) is 0.195. The standard InChI is InChI=1S/C20H31N7O5S/c21-19(22)27-12-6-9-15(17(27)29)24-16(28)13-20(10-4-5-11-23-18(20)30)26-33(31,32)25-14-7-2-1-3-8-14/h1-3,7-8,15,17,25-26,29H,4-6,9-13H2,(H3,21,22)(H,23,30)(H,24,28)/t15-,17-,20-/m0/s1. The van der Waals surface area contributed by atoms with Crippen LogP contribution in [0.3, 0.4) is 0 Å². The van der Waals surface area contributed by atoms with Crippen LogP contribution in [0.25, 0.3) is 0 Å². The van der Waals surface area contributed by atoms with Crippen LogP contribution in [0.1, 0.15) is 38.5 Å². The molecule has 0 aliphatic carbocycles. The van der Waals surface area contributed by atoms with Gasteiger partial charge in [0, 0.05) is 18.8 Å². The topological polar surface area (TPSA) is 190 Å². The van der Waals surface area contributed by atoms with Gasteiger partial charge in [0.25, 0.3) is 10.2 Å². The third-order valence-corrected chi connectivity index (χ3v) is 6.98. The van der Waals surface area contributed by atoms with Crippen molar-refractivity contribution in [1.82, 2.24) is 20.3 Å². The van der Waals surface area contributed by atoms with Crippen LogP contribution < -0.4 is 25.8 Å². The molecular weight excluding hydrogens is 450 g/mol. The summed E-state index contributed by atoms with van der Waals surface area (Å²) < 4.78 is 30.5. The van der Waals surface area contributed by atoms with Gasteiger partial charge in [0.05, 0.1) is 12.5 Å². The van der Waals surface area contributed by atoms with Gasteiger partial charge >= 0.3 is 0 Å². The third-order valence-electron chi connectivity index (χ3n) is 5.82. The van der Waals surface area contributed by atoms with Crippen LogP contribution >= 0.6 is 0 Å². The lowest BCUT2D eigenvalue weighted by molar-refractivity contribution is -0.133. The first-order valence-electron chi connectivity index (χ1n) is 10.8. The highest BCUT2D eigenvalue weighted by Crippen LogP contribution is 2.25. The van der Waals surface area contributed by atoms with Gasteiger partial charge in [-0.25, -0.2) is 0 Å². The largest absolute Gasteiger partial charge is 0.371 e. The summed E-state index contributed by atoms with van der Waals surface area (Å²) in [6.07, 6.45) is 0.738. The van der Waals surface area contributed by atoms with Gasteiger partial charge in [0.1, 0.15) is 11.8 Å². The van der Waals surface area contributed by atoms with Crippen LogP contribution in [0.4, 0.5) is 5.69 Å². The summed E-state index contributed by atoms with van der Waals surface area (Å²) in [5.41, 5.74) is 4.11. The number of hydrogen-bond acceptors (Lipinski definition) is 6. The first kappa shape index (κ1) is 24.7. The lowest BCUT2D eigenvalue weighted by Crippen LogP contribution is -2.62. The smallest absolute Gasteiger partial charge is 0.300 e. The molecule has 2 heterocycles. The molecule has 12 nitrogen and oxygen atoms in total. The number of rotatable bonds is 7. The number of carbonyl (C=O) groups excluding carboxylic acids is 2. The fourth-order valence-electron chi connectivity index (χ4n) is 4.20. The van der Waals surface area contributed by atoms with Gasteiger partial charge in [-0.05, 0) is 44.2 Å². The van der Waals surface area contributed by atoms with Crippen LogP contribution in [-0.4, -0.2) is 67.1 Å². The molecule has 0 unspecified atom stereocenters. The average molecular weight is 482 g/mol. The van der Waals surface area contributed by atoms with Crippen LogP contribution in [0, 0.1) is 5.41 Å². The Kier molecular flexibility index (Phi) is 7.76. The number of aliphatic hydroxyl groups is 1. The van der Waals surface area contributed by atoms with E-state index in [-0.39, 0.29) is 12.4 Å². The highest BCUT2D eigenvalue weighted by Gasteiger charge is 2.45. The van der Waals surface area contributed by atoms with Gasteiger partial charge in [-0.1, -0.05) is 18.2 Å². The highest BCUT2D eigenvalue weighted by molar-refractivity contribution is 7.90. The number of para-hydroxylation sites is 1. The van der Waals surface area contributed by atoms with E-state index in [1.165, 1.54) is 4.90 Å². The predicted molar refractivity (Wildman–Crippen MR) is 122 cm³/mol. The molecule has 1 aromatic rings. The summed E-state index contributed by atoms with van der Waals surface area (Å²) in [7, 11) is -4.19. The molecule has 182 valence electrons. The Bertz CT molecular complexity index is 974. The van der Waals surface area contributed by atoms with E-state index >= 15 is 0 Å². The van der Waals surface area contributed by atoms with Gasteiger partial charge in [-0.2, -0.15) is 13.1 Å². The molecule has 2 aliphatic rings. The molecule has 0 spiro atoms. The fraction of sp³-hybridized carbons (Fsp3) is 0.550. The number of guanidine groups is 1. The average Bonchev–Trinajstić information content (AvgIpc) is 2.90. The van der Waals surface area contributed by atoms with Gasteiger partial charge in [-0.15, -0.1) is 0 Å². The lowest BCUT2D eigenvalue weighted by Gasteiger charge is -2.39. The molecular formula is C20H31N7O5S. The number of likely N-dealkylation sites (tertiary alicyclic amines) is 1. The Morgan fingerprint density at radius 1 is 1.27 bits per heavy atom. The molecule has 2 amide bonds. The van der Waals surface area contributed by atoms with Crippen LogP contribution in [0.5, 0.6) is 0 Å². The summed E-state index contributed by atoms with van der Waals surface area (Å²) in [4.78, 5) is 27.2. The van der Waals surface area contributed by atoms with E-state index in [0.717, 1.165) is 0 Å². The molecule has 0 aromatic heterocycles. The monoisotopic (exact) mass is 481 g/mol. The Labute approximate surface area is 193 Å². The second kappa shape index (κ2) is 10.4. The number of piperidine rings is 1. The van der Waals surface area contributed by atoms with E-state index in [1.54, 1.807) is 30.3 Å². The normalized spacial score (nSPS) is 26.1. The van der Waals surface area contributed by atoms with Crippen molar-refractivity contribution in [1.29, 1.82) is 5.41 Å². The van der Waals surface area contributed by atoms with Gasteiger partial charge in [0.2, 0.25) is 11.8 Å². The lowest BCUT2D eigenvalue weighted by atomic mass is 9.89. The SMILES string of the molecule is N=C(N)N1CCC[C@H](NC(=O)C[C@@]2(NS(=O)(=O)Nc3ccccc3)CCCCNC2=O)[C@@H]1O. The second-order valence-electron chi connectivity index (χ2n) is 8.35. The number of nitrogens with two attached hydrogens (primary N) is 1. The zero-order valence-corrected chi connectivity index (χ0v) is 19.0. The van der Waals surface area contributed by atoms with E-state index in [9.17, 15) is 23.1 Å². The van der Waals surface area contributed by atoms with Crippen LogP contribution in [0.2, 0.25) is 0 Å². The molecule has 1 aromatic carbocycles. The number of aliphatic hydroxyl groups excluding tert-OH is 1. The van der Waals surface area contributed by atoms with E-state index in [4.69, 9.17) is 11.1 Å². The number of hydrogen-bond donors (Lipinski definition) is 7. The van der Waals surface area contributed by atoms with Crippen molar-refractivity contribution in [3.8, 4) is 0 Å². The number of anilines is 1. The molecule has 2 saturated heterocycles. The first-order valence-corrected chi connectivity index (χ1v) is 12.3. The number of benzene rings is 1. The van der Waals surface area contributed by atoms with Gasteiger partial charge in [-0.3, -0.25) is 19.7 Å². The zero-order chi connectivity index (χ0) is 24.1. The van der Waals surface area contributed by atoms with Crippen molar-refractivity contribution in [2.45, 2.75) is 56.3 Å². The Morgan fingerprint density at radius 3 is 2.70 bits per heavy atom. The maximum atomic E-state index is 13.0. The van der Waals surface area contributed by atoms with Crippen molar-refractivity contribution in [2.24, 2.45) is 5.73 Å². The molecule has 13 heteroatoms. The van der Waals surface area contributed by atoms with Crippen molar-refractivity contribution in [3.05, 3.63) is 30.3 Å². The summed E-state index contributed by atoms with van der Waals surface area (Å²) in [6.45, 7) is 0.769. The molecule has 0 bridgehead atoms. The minimum atomic E-state index is -4.19. The predicted octanol–water partition coefficient (Wildman–Crippen LogP) is -0.846. The van der Waals surface area contributed by atoms with Gasteiger partial charge in [0.15, 0.2) is 5.96 Å². The molecule has 33 heavy (non-hydrogen) atoms. The molecule has 2 aliphatic heterocycles. The molecule has 8 N–H and O–H groups in total. The molecule has 2 fully saturated rings. The summed E-state index contributed by atoms with van der Waals surface area (Å²) in [5, 5.41) is 23.4. The second-order valence-corrected chi connectivity index (χ2v) is 9.77. The maximum absolute atomic E-state index is 13.0. The van der Waals surface area contributed by atoms with Crippen LogP contribution in [-0.2, 0) is 19.8 Å². The Balaban J connectivity index is 1.77.